The van der Waals surface area contributed by atoms with Gasteiger partial charge in [-0.05, 0) is 25.0 Å². The highest BCUT2D eigenvalue weighted by Gasteiger charge is 2.17. The molecule has 3 heteroatoms. The average molecular weight is 231 g/mol. The minimum atomic E-state index is -0.239. The average Bonchev–Trinajstić information content (AvgIpc) is 2.40. The molecule has 3 rings (SSSR count). The Bertz CT molecular complexity index is 535. The highest BCUT2D eigenvalue weighted by Crippen LogP contribution is 2.27. The molecule has 0 saturated carbocycles. The molecule has 1 aromatic carbocycles. The number of benzene rings is 1. The molecule has 0 amide bonds. The van der Waals surface area contributed by atoms with Gasteiger partial charge in [0.25, 0.3) is 0 Å². The molecule has 2 aromatic rings. The third-order valence-electron chi connectivity index (χ3n) is 3.33. The molecular weight excluding hydrogens is 217 g/mol. The van der Waals surface area contributed by atoms with E-state index in [1.165, 1.54) is 6.07 Å². The molecule has 2 nitrogen and oxygen atoms in total. The third-order valence-corrected chi connectivity index (χ3v) is 3.33. The van der Waals surface area contributed by atoms with Crippen molar-refractivity contribution in [3.05, 3.63) is 41.8 Å². The second-order valence-electron chi connectivity index (χ2n) is 4.43. The van der Waals surface area contributed by atoms with Crippen LogP contribution in [0.3, 0.4) is 0 Å². The van der Waals surface area contributed by atoms with Crippen LogP contribution in [0.1, 0.15) is 24.5 Å². The van der Waals surface area contributed by atoms with E-state index in [-0.39, 0.29) is 5.82 Å². The van der Waals surface area contributed by atoms with Gasteiger partial charge in [0.05, 0.1) is 0 Å². The number of nitrogens with zero attached hydrogens (tertiary/aromatic N) is 1. The van der Waals surface area contributed by atoms with Crippen LogP contribution in [-0.4, -0.2) is 18.2 Å². The fourth-order valence-electron chi connectivity index (χ4n) is 2.35. The molecule has 2 heterocycles. The summed E-state index contributed by atoms with van der Waals surface area (Å²) < 4.78 is 19.0. The summed E-state index contributed by atoms with van der Waals surface area (Å²) in [5.74, 6) is 0.171. The zero-order valence-corrected chi connectivity index (χ0v) is 9.53. The van der Waals surface area contributed by atoms with Gasteiger partial charge in [0.15, 0.2) is 0 Å². The number of halogens is 1. The maximum atomic E-state index is 13.6. The summed E-state index contributed by atoms with van der Waals surface area (Å²) in [6, 6.07) is 9.03. The van der Waals surface area contributed by atoms with Crippen molar-refractivity contribution in [1.82, 2.24) is 4.98 Å². The minimum absolute atomic E-state index is 0.239. The number of pyridine rings is 1. The lowest BCUT2D eigenvalue weighted by Gasteiger charge is -2.21. The normalized spacial score (nSPS) is 17.5. The van der Waals surface area contributed by atoms with Crippen LogP contribution in [-0.2, 0) is 4.74 Å². The Kier molecular flexibility index (Phi) is 2.77. The van der Waals surface area contributed by atoms with Gasteiger partial charge in [-0.25, -0.2) is 9.37 Å². The van der Waals surface area contributed by atoms with Crippen molar-refractivity contribution in [2.24, 2.45) is 0 Å². The fraction of sp³-hybridized carbons (Fsp3) is 0.357. The molecule has 1 aromatic heterocycles. The minimum Gasteiger partial charge on any atom is -0.381 e. The van der Waals surface area contributed by atoms with Crippen LogP contribution in [0.2, 0.25) is 0 Å². The van der Waals surface area contributed by atoms with Gasteiger partial charge in [-0.1, -0.05) is 18.2 Å². The third kappa shape index (κ3) is 2.03. The molecule has 0 spiro atoms. The van der Waals surface area contributed by atoms with Crippen LogP contribution in [0.25, 0.3) is 10.9 Å². The first-order chi connectivity index (χ1) is 8.34. The predicted octanol–water partition coefficient (Wildman–Crippen LogP) is 3.27. The molecule has 1 fully saturated rings. The van der Waals surface area contributed by atoms with Crippen LogP contribution >= 0.6 is 0 Å². The highest BCUT2D eigenvalue weighted by atomic mass is 19.1. The first kappa shape index (κ1) is 10.7. The Hall–Kier alpha value is -1.48. The molecule has 17 heavy (non-hydrogen) atoms. The van der Waals surface area contributed by atoms with E-state index < -0.39 is 0 Å². The lowest BCUT2D eigenvalue weighted by molar-refractivity contribution is 0.0845. The zero-order valence-electron chi connectivity index (χ0n) is 9.53. The highest BCUT2D eigenvalue weighted by molar-refractivity contribution is 5.79. The molecule has 1 aliphatic heterocycles. The van der Waals surface area contributed by atoms with Crippen molar-refractivity contribution in [2.75, 3.05) is 13.2 Å². The number of para-hydroxylation sites is 1. The summed E-state index contributed by atoms with van der Waals surface area (Å²) in [5.41, 5.74) is 1.47. The largest absolute Gasteiger partial charge is 0.381 e. The van der Waals surface area contributed by atoms with Gasteiger partial charge in [-0.2, -0.15) is 0 Å². The Morgan fingerprint density at radius 2 is 1.94 bits per heavy atom. The molecule has 0 aliphatic carbocycles. The smallest absolute Gasteiger partial charge is 0.149 e. The summed E-state index contributed by atoms with van der Waals surface area (Å²) in [6.45, 7) is 1.56. The van der Waals surface area contributed by atoms with Crippen molar-refractivity contribution in [2.45, 2.75) is 18.8 Å². The molecule has 0 bridgehead atoms. The topological polar surface area (TPSA) is 22.1 Å². The number of hydrogen-bond donors (Lipinski definition) is 0. The molecule has 88 valence electrons. The van der Waals surface area contributed by atoms with E-state index in [1.54, 1.807) is 6.07 Å². The van der Waals surface area contributed by atoms with E-state index in [4.69, 9.17) is 4.74 Å². The number of aromatic nitrogens is 1. The first-order valence-corrected chi connectivity index (χ1v) is 5.97. The van der Waals surface area contributed by atoms with Gasteiger partial charge in [0, 0.05) is 30.2 Å². The van der Waals surface area contributed by atoms with Crippen molar-refractivity contribution < 1.29 is 9.13 Å². The molecule has 0 atom stereocenters. The lowest BCUT2D eigenvalue weighted by Crippen LogP contribution is -2.15. The first-order valence-electron chi connectivity index (χ1n) is 5.97. The number of fused-ring (bicyclic) bond motifs is 1. The summed E-state index contributed by atoms with van der Waals surface area (Å²) in [5, 5.41) is 0.862. The van der Waals surface area contributed by atoms with Gasteiger partial charge >= 0.3 is 0 Å². The van der Waals surface area contributed by atoms with Gasteiger partial charge in [-0.3, -0.25) is 0 Å². The van der Waals surface area contributed by atoms with E-state index in [1.807, 2.05) is 18.2 Å². The molecule has 1 saturated heterocycles. The SMILES string of the molecule is Fc1cccc2ccc(C3CCOCC3)nc12. The van der Waals surface area contributed by atoms with Crippen molar-refractivity contribution in [3.63, 3.8) is 0 Å². The second kappa shape index (κ2) is 4.41. The summed E-state index contributed by atoms with van der Waals surface area (Å²) in [6.07, 6.45) is 1.96. The number of rotatable bonds is 1. The maximum Gasteiger partial charge on any atom is 0.149 e. The van der Waals surface area contributed by atoms with Gasteiger partial charge in [-0.15, -0.1) is 0 Å². The van der Waals surface area contributed by atoms with E-state index >= 15 is 0 Å². The van der Waals surface area contributed by atoms with Crippen LogP contribution in [0.15, 0.2) is 30.3 Å². The second-order valence-corrected chi connectivity index (χ2v) is 4.43. The van der Waals surface area contributed by atoms with Crippen LogP contribution in [0.4, 0.5) is 4.39 Å². The van der Waals surface area contributed by atoms with Crippen molar-refractivity contribution >= 4 is 10.9 Å². The molecule has 0 radical (unpaired) electrons. The lowest BCUT2D eigenvalue weighted by atomic mass is 9.95. The quantitative estimate of drug-likeness (QED) is 0.751. The fourth-order valence-corrected chi connectivity index (χ4v) is 2.35. The monoisotopic (exact) mass is 231 g/mol. The van der Waals surface area contributed by atoms with E-state index in [0.717, 1.165) is 37.1 Å². The summed E-state index contributed by atoms with van der Waals surface area (Å²) in [4.78, 5) is 4.47. The van der Waals surface area contributed by atoms with E-state index in [0.29, 0.717) is 11.4 Å². The standard InChI is InChI=1S/C14H14FNO/c15-12-3-1-2-11-4-5-13(16-14(11)12)10-6-8-17-9-7-10/h1-5,10H,6-9H2. The van der Waals surface area contributed by atoms with Crippen molar-refractivity contribution in [3.8, 4) is 0 Å². The van der Waals surface area contributed by atoms with Crippen LogP contribution < -0.4 is 0 Å². The molecule has 0 unspecified atom stereocenters. The van der Waals surface area contributed by atoms with Crippen LogP contribution in [0.5, 0.6) is 0 Å². The Labute approximate surface area is 99.4 Å². The Morgan fingerprint density at radius 1 is 1.12 bits per heavy atom. The predicted molar refractivity (Wildman–Crippen MR) is 64.5 cm³/mol. The molecule has 1 aliphatic rings. The number of ether oxygens (including phenoxy) is 1. The Balaban J connectivity index is 2.03. The Morgan fingerprint density at radius 3 is 2.76 bits per heavy atom. The summed E-state index contributed by atoms with van der Waals surface area (Å²) >= 11 is 0. The molecule has 0 N–H and O–H groups in total. The van der Waals surface area contributed by atoms with E-state index in [9.17, 15) is 4.39 Å². The summed E-state index contributed by atoms with van der Waals surface area (Å²) in [7, 11) is 0. The maximum absolute atomic E-state index is 13.6. The van der Waals surface area contributed by atoms with Crippen molar-refractivity contribution in [1.29, 1.82) is 0 Å². The molecular formula is C14H14FNO. The van der Waals surface area contributed by atoms with E-state index in [2.05, 4.69) is 4.98 Å². The number of hydrogen-bond acceptors (Lipinski definition) is 2. The van der Waals surface area contributed by atoms with Gasteiger partial charge in [0.2, 0.25) is 0 Å². The van der Waals surface area contributed by atoms with Gasteiger partial charge in [0.1, 0.15) is 11.3 Å². The van der Waals surface area contributed by atoms with Gasteiger partial charge < -0.3 is 4.74 Å². The van der Waals surface area contributed by atoms with Crippen LogP contribution in [0, 0.1) is 5.82 Å². The zero-order chi connectivity index (χ0) is 11.7.